The second kappa shape index (κ2) is 7.47. The monoisotopic (exact) mass is 332 g/mol. The number of para-hydroxylation sites is 1. The molecule has 24 heavy (non-hydrogen) atoms. The number of carbonyl (C=O) groups excluding carboxylic acids is 3. The zero-order valence-electron chi connectivity index (χ0n) is 14.4. The number of hydrogen-bond acceptors (Lipinski definition) is 4. The molecule has 0 heterocycles. The van der Waals surface area contributed by atoms with Crippen molar-refractivity contribution in [2.24, 2.45) is 5.41 Å². The number of carbonyl (C=O) groups is 3. The number of nitrogens with one attached hydrogen (secondary N) is 1. The van der Waals surface area contributed by atoms with Crippen molar-refractivity contribution in [2.75, 3.05) is 26.0 Å². The Morgan fingerprint density at radius 3 is 2.50 bits per heavy atom. The van der Waals surface area contributed by atoms with Crippen LogP contribution in [0.4, 0.5) is 5.69 Å². The van der Waals surface area contributed by atoms with Crippen molar-refractivity contribution in [1.29, 1.82) is 0 Å². The van der Waals surface area contributed by atoms with E-state index in [4.69, 9.17) is 4.74 Å². The molecule has 0 spiro atoms. The highest BCUT2D eigenvalue weighted by molar-refractivity contribution is 6.14. The van der Waals surface area contributed by atoms with Gasteiger partial charge >= 0.3 is 5.97 Å². The lowest BCUT2D eigenvalue weighted by Gasteiger charge is -2.23. The van der Waals surface area contributed by atoms with Crippen molar-refractivity contribution < 1.29 is 19.1 Å². The highest BCUT2D eigenvalue weighted by Crippen LogP contribution is 2.48. The van der Waals surface area contributed by atoms with Crippen molar-refractivity contribution in [2.45, 2.75) is 32.6 Å². The molecule has 0 aliphatic heterocycles. The third kappa shape index (κ3) is 3.58. The lowest BCUT2D eigenvalue weighted by molar-refractivity contribution is -0.141. The van der Waals surface area contributed by atoms with E-state index in [0.717, 1.165) is 12.8 Å². The molecule has 1 fully saturated rings. The van der Waals surface area contributed by atoms with E-state index in [0.29, 0.717) is 25.1 Å². The van der Waals surface area contributed by atoms with Crippen LogP contribution in [-0.2, 0) is 14.3 Å². The molecule has 6 nitrogen and oxygen atoms in total. The molecule has 6 heteroatoms. The van der Waals surface area contributed by atoms with Crippen LogP contribution < -0.4 is 5.32 Å². The summed E-state index contributed by atoms with van der Waals surface area (Å²) in [5.41, 5.74) is -0.355. The van der Waals surface area contributed by atoms with E-state index in [1.54, 1.807) is 36.2 Å². The molecule has 0 aromatic heterocycles. The predicted molar refractivity (Wildman–Crippen MR) is 90.6 cm³/mol. The van der Waals surface area contributed by atoms with E-state index in [1.807, 2.05) is 0 Å². The fourth-order valence-corrected chi connectivity index (χ4v) is 2.65. The van der Waals surface area contributed by atoms with Crippen LogP contribution in [0.3, 0.4) is 0 Å². The van der Waals surface area contributed by atoms with E-state index in [-0.39, 0.29) is 17.4 Å². The molecule has 1 aliphatic carbocycles. The lowest BCUT2D eigenvalue weighted by atomic mass is 10.0. The molecule has 1 saturated carbocycles. The van der Waals surface area contributed by atoms with Crippen LogP contribution in [0.25, 0.3) is 0 Å². The van der Waals surface area contributed by atoms with E-state index in [1.165, 1.54) is 7.11 Å². The molecule has 1 N–H and O–H groups in total. The van der Waals surface area contributed by atoms with Gasteiger partial charge in [0.05, 0.1) is 18.4 Å². The third-order valence-corrected chi connectivity index (χ3v) is 4.37. The van der Waals surface area contributed by atoms with Crippen molar-refractivity contribution in [1.82, 2.24) is 4.90 Å². The second-order valence-electron chi connectivity index (χ2n) is 6.15. The summed E-state index contributed by atoms with van der Waals surface area (Å²) in [5.74, 6) is -1.03. The molecule has 2 amide bonds. The average molecular weight is 332 g/mol. The largest absolute Gasteiger partial charge is 0.465 e. The van der Waals surface area contributed by atoms with Gasteiger partial charge in [-0.05, 0) is 31.4 Å². The summed E-state index contributed by atoms with van der Waals surface area (Å²) in [6, 6.07) is 6.62. The summed E-state index contributed by atoms with van der Waals surface area (Å²) in [5, 5.41) is 2.73. The summed E-state index contributed by atoms with van der Waals surface area (Å²) < 4.78 is 4.72. The van der Waals surface area contributed by atoms with Gasteiger partial charge in [0.1, 0.15) is 5.41 Å². The van der Waals surface area contributed by atoms with Crippen LogP contribution in [0, 0.1) is 5.41 Å². The van der Waals surface area contributed by atoms with Crippen LogP contribution in [-0.4, -0.2) is 43.4 Å². The third-order valence-electron chi connectivity index (χ3n) is 4.37. The Balaban J connectivity index is 2.13. The zero-order valence-corrected chi connectivity index (χ0v) is 14.4. The topological polar surface area (TPSA) is 75.7 Å². The minimum atomic E-state index is -0.994. The smallest absolute Gasteiger partial charge is 0.339 e. The van der Waals surface area contributed by atoms with Gasteiger partial charge in [-0.25, -0.2) is 4.79 Å². The fraction of sp³-hybridized carbons (Fsp3) is 0.500. The quantitative estimate of drug-likeness (QED) is 0.615. The van der Waals surface area contributed by atoms with Gasteiger partial charge in [0.25, 0.3) is 0 Å². The van der Waals surface area contributed by atoms with Gasteiger partial charge in [0.2, 0.25) is 11.8 Å². The zero-order chi connectivity index (χ0) is 17.7. The highest BCUT2D eigenvalue weighted by Gasteiger charge is 2.57. The number of methoxy groups -OCH3 is 1. The molecule has 0 radical (unpaired) electrons. The number of benzene rings is 1. The molecule has 1 aromatic rings. The molecule has 1 aromatic carbocycles. The SMILES string of the molecule is CCCCN(C)C(=O)C1(C(=O)Nc2ccccc2C(=O)OC)CC1. The molecule has 2 rings (SSSR count). The van der Waals surface area contributed by atoms with Gasteiger partial charge in [-0.1, -0.05) is 25.5 Å². The van der Waals surface area contributed by atoms with Crippen molar-refractivity contribution in [3.8, 4) is 0 Å². The highest BCUT2D eigenvalue weighted by atomic mass is 16.5. The van der Waals surface area contributed by atoms with Gasteiger partial charge in [0, 0.05) is 13.6 Å². The van der Waals surface area contributed by atoms with Gasteiger partial charge in [0.15, 0.2) is 0 Å². The number of rotatable bonds is 7. The number of anilines is 1. The summed E-state index contributed by atoms with van der Waals surface area (Å²) in [4.78, 5) is 38.7. The van der Waals surface area contributed by atoms with Crippen LogP contribution in [0.15, 0.2) is 24.3 Å². The number of esters is 1. The number of ether oxygens (including phenoxy) is 1. The Morgan fingerprint density at radius 2 is 1.92 bits per heavy atom. The van der Waals surface area contributed by atoms with Gasteiger partial charge in [-0.2, -0.15) is 0 Å². The molecule has 0 atom stereocenters. The number of hydrogen-bond donors (Lipinski definition) is 1. The lowest BCUT2D eigenvalue weighted by Crippen LogP contribution is -2.41. The Hall–Kier alpha value is -2.37. The van der Waals surface area contributed by atoms with E-state index in [2.05, 4.69) is 12.2 Å². The first-order valence-electron chi connectivity index (χ1n) is 8.20. The van der Waals surface area contributed by atoms with Gasteiger partial charge < -0.3 is 15.0 Å². The van der Waals surface area contributed by atoms with Crippen molar-refractivity contribution in [3.05, 3.63) is 29.8 Å². The normalized spacial score (nSPS) is 14.6. The standard InChI is InChI=1S/C18H24N2O4/c1-4-5-12-20(2)17(23)18(10-11-18)16(22)19-14-9-7-6-8-13(14)15(21)24-3/h6-9H,4-5,10-12H2,1-3H3,(H,19,22). The molecule has 1 aliphatic rings. The molecule has 0 bridgehead atoms. The van der Waals surface area contributed by atoms with Crippen LogP contribution in [0.1, 0.15) is 43.0 Å². The number of amides is 2. The summed E-state index contributed by atoms with van der Waals surface area (Å²) in [7, 11) is 3.02. The maximum atomic E-state index is 12.7. The van der Waals surface area contributed by atoms with Crippen molar-refractivity contribution >= 4 is 23.5 Å². The van der Waals surface area contributed by atoms with Crippen LogP contribution in [0.5, 0.6) is 0 Å². The summed E-state index contributed by atoms with van der Waals surface area (Å²) in [6.07, 6.45) is 2.97. The van der Waals surface area contributed by atoms with E-state index < -0.39 is 11.4 Å². The van der Waals surface area contributed by atoms with Gasteiger partial charge in [-0.15, -0.1) is 0 Å². The van der Waals surface area contributed by atoms with Crippen LogP contribution in [0.2, 0.25) is 0 Å². The number of nitrogens with zero attached hydrogens (tertiary/aromatic N) is 1. The summed E-state index contributed by atoms with van der Waals surface area (Å²) >= 11 is 0. The van der Waals surface area contributed by atoms with Crippen molar-refractivity contribution in [3.63, 3.8) is 0 Å². The Labute approximate surface area is 142 Å². The van der Waals surface area contributed by atoms with Gasteiger partial charge in [-0.3, -0.25) is 9.59 Å². The maximum Gasteiger partial charge on any atom is 0.339 e. The Kier molecular flexibility index (Phi) is 5.59. The second-order valence-corrected chi connectivity index (χ2v) is 6.15. The first kappa shape index (κ1) is 18.0. The minimum absolute atomic E-state index is 0.149. The molecular formula is C18H24N2O4. The predicted octanol–water partition coefficient (Wildman–Crippen LogP) is 2.45. The molecule has 0 saturated heterocycles. The fourth-order valence-electron chi connectivity index (χ4n) is 2.65. The maximum absolute atomic E-state index is 12.7. The first-order chi connectivity index (χ1) is 11.5. The average Bonchev–Trinajstić information content (AvgIpc) is 3.40. The Bertz CT molecular complexity index is 638. The molecule has 0 unspecified atom stereocenters. The number of unbranched alkanes of at least 4 members (excludes halogenated alkanes) is 1. The minimum Gasteiger partial charge on any atom is -0.465 e. The summed E-state index contributed by atoms with van der Waals surface area (Å²) in [6.45, 7) is 2.70. The Morgan fingerprint density at radius 1 is 1.25 bits per heavy atom. The molecular weight excluding hydrogens is 308 g/mol. The van der Waals surface area contributed by atoms with E-state index >= 15 is 0 Å². The molecule has 130 valence electrons. The van der Waals surface area contributed by atoms with E-state index in [9.17, 15) is 14.4 Å². The first-order valence-corrected chi connectivity index (χ1v) is 8.20. The van der Waals surface area contributed by atoms with Crippen LogP contribution >= 0.6 is 0 Å².